The molecule has 80 valence electrons. The minimum atomic E-state index is -1.11. The number of carbonyl (C=O) groups excluding carboxylic acids is 1. The van der Waals surface area contributed by atoms with Crippen LogP contribution < -0.4 is 0 Å². The summed E-state index contributed by atoms with van der Waals surface area (Å²) in [7, 11) is 0. The normalized spacial score (nSPS) is 23.6. The number of amides is 1. The van der Waals surface area contributed by atoms with Gasteiger partial charge in [0.15, 0.2) is 0 Å². The lowest BCUT2D eigenvalue weighted by atomic mass is 10.1. The zero-order valence-electron chi connectivity index (χ0n) is 8.14. The quantitative estimate of drug-likeness (QED) is 0.614. The smallest absolute Gasteiger partial charge is 0.315 e. The van der Waals surface area contributed by atoms with Crippen molar-refractivity contribution in [1.29, 1.82) is 0 Å². The first-order valence-electron chi connectivity index (χ1n) is 4.72. The van der Waals surface area contributed by atoms with Gasteiger partial charge in [0.05, 0.1) is 12.6 Å². The SMILES string of the molecule is CC(C(=O)O)C(=O)N1CCCC1CO. The molecule has 1 heterocycles. The number of likely N-dealkylation sites (tertiary alicyclic amines) is 1. The molecule has 1 amide bonds. The summed E-state index contributed by atoms with van der Waals surface area (Å²) >= 11 is 0. The monoisotopic (exact) mass is 201 g/mol. The molecular weight excluding hydrogens is 186 g/mol. The molecule has 1 rings (SSSR count). The first kappa shape index (κ1) is 11.0. The van der Waals surface area contributed by atoms with Crippen LogP contribution in [-0.4, -0.2) is 46.2 Å². The number of rotatable bonds is 3. The molecule has 0 aromatic heterocycles. The molecule has 2 atom stereocenters. The average molecular weight is 201 g/mol. The van der Waals surface area contributed by atoms with E-state index in [1.165, 1.54) is 11.8 Å². The predicted molar refractivity (Wildman–Crippen MR) is 48.6 cm³/mol. The van der Waals surface area contributed by atoms with Gasteiger partial charge in [-0.3, -0.25) is 9.59 Å². The van der Waals surface area contributed by atoms with Crippen LogP contribution in [0, 0.1) is 5.92 Å². The van der Waals surface area contributed by atoms with Crippen molar-refractivity contribution >= 4 is 11.9 Å². The highest BCUT2D eigenvalue weighted by Crippen LogP contribution is 2.19. The van der Waals surface area contributed by atoms with E-state index >= 15 is 0 Å². The number of carboxylic acids is 1. The van der Waals surface area contributed by atoms with Crippen LogP contribution in [0.1, 0.15) is 19.8 Å². The van der Waals surface area contributed by atoms with Gasteiger partial charge in [0.25, 0.3) is 0 Å². The molecule has 0 aromatic carbocycles. The lowest BCUT2D eigenvalue weighted by molar-refractivity contribution is -0.151. The van der Waals surface area contributed by atoms with E-state index < -0.39 is 17.8 Å². The van der Waals surface area contributed by atoms with Crippen molar-refractivity contribution < 1.29 is 19.8 Å². The van der Waals surface area contributed by atoms with Crippen LogP contribution in [0.4, 0.5) is 0 Å². The van der Waals surface area contributed by atoms with Crippen LogP contribution in [0.15, 0.2) is 0 Å². The molecule has 0 aliphatic carbocycles. The first-order chi connectivity index (χ1) is 6.57. The standard InChI is InChI=1S/C9H15NO4/c1-6(9(13)14)8(12)10-4-2-3-7(10)5-11/h6-7,11H,2-5H2,1H3,(H,13,14). The summed E-state index contributed by atoms with van der Waals surface area (Å²) in [6, 6.07) is -0.190. The minimum absolute atomic E-state index is 0.0852. The second kappa shape index (κ2) is 4.41. The summed E-state index contributed by atoms with van der Waals surface area (Å²) in [5, 5.41) is 17.6. The van der Waals surface area contributed by atoms with Crippen LogP contribution in [0.5, 0.6) is 0 Å². The summed E-state index contributed by atoms with van der Waals surface area (Å²) in [5.41, 5.74) is 0. The Labute approximate surface area is 82.3 Å². The number of aliphatic carboxylic acids is 1. The van der Waals surface area contributed by atoms with Gasteiger partial charge in [-0.05, 0) is 19.8 Å². The second-order valence-corrected chi connectivity index (χ2v) is 3.57. The maximum absolute atomic E-state index is 11.6. The van der Waals surface area contributed by atoms with Crippen molar-refractivity contribution in [3.05, 3.63) is 0 Å². The molecule has 0 radical (unpaired) electrons. The van der Waals surface area contributed by atoms with Crippen molar-refractivity contribution in [2.24, 2.45) is 5.92 Å². The molecule has 1 aliphatic heterocycles. The van der Waals surface area contributed by atoms with E-state index in [0.717, 1.165) is 12.8 Å². The zero-order chi connectivity index (χ0) is 10.7. The van der Waals surface area contributed by atoms with Gasteiger partial charge in [0.2, 0.25) is 5.91 Å². The Morgan fingerprint density at radius 1 is 1.57 bits per heavy atom. The van der Waals surface area contributed by atoms with Gasteiger partial charge >= 0.3 is 5.97 Å². The maximum Gasteiger partial charge on any atom is 0.315 e. The van der Waals surface area contributed by atoms with Crippen molar-refractivity contribution in [3.63, 3.8) is 0 Å². The molecule has 0 saturated carbocycles. The molecule has 5 heteroatoms. The number of hydrogen-bond donors (Lipinski definition) is 2. The van der Waals surface area contributed by atoms with Gasteiger partial charge in [-0.15, -0.1) is 0 Å². The van der Waals surface area contributed by atoms with Crippen molar-refractivity contribution in [1.82, 2.24) is 4.90 Å². The Kier molecular flexibility index (Phi) is 3.46. The van der Waals surface area contributed by atoms with Gasteiger partial charge in [-0.2, -0.15) is 0 Å². The summed E-state index contributed by atoms with van der Waals surface area (Å²) in [6.07, 6.45) is 1.60. The Balaban J connectivity index is 2.64. The number of aliphatic hydroxyl groups excluding tert-OH is 1. The lowest BCUT2D eigenvalue weighted by Crippen LogP contribution is -2.42. The Morgan fingerprint density at radius 3 is 2.71 bits per heavy atom. The summed E-state index contributed by atoms with van der Waals surface area (Å²) < 4.78 is 0. The first-order valence-corrected chi connectivity index (χ1v) is 4.72. The minimum Gasteiger partial charge on any atom is -0.481 e. The van der Waals surface area contributed by atoms with E-state index in [0.29, 0.717) is 6.54 Å². The number of carboxylic acid groups (broad SMARTS) is 1. The molecule has 14 heavy (non-hydrogen) atoms. The summed E-state index contributed by atoms with van der Waals surface area (Å²) in [6.45, 7) is 1.84. The number of carbonyl (C=O) groups is 2. The Hall–Kier alpha value is -1.10. The van der Waals surface area contributed by atoms with E-state index in [2.05, 4.69) is 0 Å². The maximum atomic E-state index is 11.6. The van der Waals surface area contributed by atoms with Gasteiger partial charge in [-0.25, -0.2) is 0 Å². The Morgan fingerprint density at radius 2 is 2.21 bits per heavy atom. The van der Waals surface area contributed by atoms with Crippen LogP contribution in [0.2, 0.25) is 0 Å². The molecule has 1 aliphatic rings. The zero-order valence-corrected chi connectivity index (χ0v) is 8.14. The van der Waals surface area contributed by atoms with Crippen molar-refractivity contribution in [3.8, 4) is 0 Å². The molecule has 0 spiro atoms. The molecule has 2 unspecified atom stereocenters. The van der Waals surface area contributed by atoms with E-state index in [4.69, 9.17) is 10.2 Å². The fourth-order valence-corrected chi connectivity index (χ4v) is 1.67. The molecule has 1 saturated heterocycles. The Bertz CT molecular complexity index is 241. The topological polar surface area (TPSA) is 77.8 Å². The highest BCUT2D eigenvalue weighted by atomic mass is 16.4. The average Bonchev–Trinajstić information content (AvgIpc) is 2.62. The van der Waals surface area contributed by atoms with Crippen LogP contribution >= 0.6 is 0 Å². The number of nitrogens with zero attached hydrogens (tertiary/aromatic N) is 1. The van der Waals surface area contributed by atoms with E-state index in [-0.39, 0.29) is 12.6 Å². The highest BCUT2D eigenvalue weighted by molar-refractivity contribution is 5.96. The van der Waals surface area contributed by atoms with Gasteiger partial charge < -0.3 is 15.1 Å². The highest BCUT2D eigenvalue weighted by Gasteiger charge is 2.33. The van der Waals surface area contributed by atoms with E-state index in [1.807, 2.05) is 0 Å². The fraction of sp³-hybridized carbons (Fsp3) is 0.778. The largest absolute Gasteiger partial charge is 0.481 e. The van der Waals surface area contributed by atoms with Crippen LogP contribution in [-0.2, 0) is 9.59 Å². The molecule has 0 bridgehead atoms. The van der Waals surface area contributed by atoms with Gasteiger partial charge in [0.1, 0.15) is 5.92 Å². The third-order valence-corrected chi connectivity index (χ3v) is 2.61. The second-order valence-electron chi connectivity index (χ2n) is 3.57. The van der Waals surface area contributed by atoms with Crippen LogP contribution in [0.25, 0.3) is 0 Å². The van der Waals surface area contributed by atoms with Crippen molar-refractivity contribution in [2.75, 3.05) is 13.2 Å². The molecular formula is C9H15NO4. The molecule has 5 nitrogen and oxygen atoms in total. The predicted octanol–water partition coefficient (Wildman–Crippen LogP) is -0.310. The van der Waals surface area contributed by atoms with Crippen molar-refractivity contribution in [2.45, 2.75) is 25.8 Å². The summed E-state index contributed by atoms with van der Waals surface area (Å²) in [4.78, 5) is 23.6. The number of aliphatic hydroxyl groups is 1. The molecule has 1 fully saturated rings. The summed E-state index contributed by atoms with van der Waals surface area (Å²) in [5.74, 6) is -2.52. The van der Waals surface area contributed by atoms with Gasteiger partial charge in [-0.1, -0.05) is 0 Å². The van der Waals surface area contributed by atoms with E-state index in [1.54, 1.807) is 0 Å². The van der Waals surface area contributed by atoms with Crippen LogP contribution in [0.3, 0.4) is 0 Å². The molecule has 2 N–H and O–H groups in total. The fourth-order valence-electron chi connectivity index (χ4n) is 1.67. The van der Waals surface area contributed by atoms with E-state index in [9.17, 15) is 9.59 Å². The number of hydrogen-bond acceptors (Lipinski definition) is 3. The third kappa shape index (κ3) is 2.04. The molecule has 0 aromatic rings. The lowest BCUT2D eigenvalue weighted by Gasteiger charge is -2.24. The third-order valence-electron chi connectivity index (χ3n) is 2.61. The van der Waals surface area contributed by atoms with Gasteiger partial charge in [0, 0.05) is 6.54 Å².